The second-order valence-corrected chi connectivity index (χ2v) is 5.87. The number of aromatic nitrogens is 7. The molecule has 15 heteroatoms. The lowest BCUT2D eigenvalue weighted by Gasteiger charge is -2.10. The highest BCUT2D eigenvalue weighted by molar-refractivity contribution is 7.98. The lowest BCUT2D eigenvalue weighted by Crippen LogP contribution is -2.17. The second kappa shape index (κ2) is 6.17. The molecule has 0 radical (unpaired) electrons. The van der Waals surface area contributed by atoms with E-state index in [2.05, 4.69) is 30.2 Å². The number of hydrogen-bond acceptors (Lipinski definition) is 8. The van der Waals surface area contributed by atoms with E-state index in [0.717, 1.165) is 16.4 Å². The van der Waals surface area contributed by atoms with Gasteiger partial charge in [-0.05, 0) is 13.2 Å². The van der Waals surface area contributed by atoms with Crippen LogP contribution in [0.25, 0.3) is 16.9 Å². The highest BCUT2D eigenvalue weighted by Gasteiger charge is 2.43. The third-order valence-corrected chi connectivity index (χ3v) is 3.82. The Bertz CT molecular complexity index is 1030. The zero-order valence-corrected chi connectivity index (χ0v) is 14.2. The Morgan fingerprint density at radius 3 is 2.19 bits per heavy atom. The van der Waals surface area contributed by atoms with Gasteiger partial charge in [-0.1, -0.05) is 11.8 Å². The molecule has 0 spiro atoms. The highest BCUT2D eigenvalue weighted by Crippen LogP contribution is 2.38. The molecule has 3 aromatic rings. The SMILES string of the molecule is CSc1nnc(C)c(-n2nc3nc(C(F)(F)F)nc(C(F)(F)F)c3c2N)n1. The molecular weight excluding hydrogens is 402 g/mol. The number of anilines is 1. The number of thioether (sulfide) groups is 1. The molecule has 0 saturated carbocycles. The van der Waals surface area contributed by atoms with E-state index in [1.165, 1.54) is 6.92 Å². The Kier molecular flexibility index (Phi) is 4.36. The molecule has 2 N–H and O–H groups in total. The van der Waals surface area contributed by atoms with Crippen molar-refractivity contribution in [1.29, 1.82) is 0 Å². The van der Waals surface area contributed by atoms with Crippen LogP contribution in [0.4, 0.5) is 32.2 Å². The minimum atomic E-state index is -5.22. The molecule has 144 valence electrons. The zero-order valence-electron chi connectivity index (χ0n) is 13.4. The Labute approximate surface area is 150 Å². The van der Waals surface area contributed by atoms with Crippen LogP contribution in [-0.2, 0) is 12.4 Å². The number of rotatable bonds is 2. The summed E-state index contributed by atoms with van der Waals surface area (Å²) in [5.74, 6) is -2.69. The standard InChI is InChI=1S/C12H8F6N8S/c1-3-8(22-10(27-2)24-23-3)26-6(19)4-5(11(13,14)15)20-9(12(16,17)18)21-7(4)25-26/h19H2,1-2H3. The van der Waals surface area contributed by atoms with Gasteiger partial charge in [-0.2, -0.15) is 36.0 Å². The topological polar surface area (TPSA) is 108 Å². The summed E-state index contributed by atoms with van der Waals surface area (Å²) >= 11 is 1.09. The first-order chi connectivity index (χ1) is 12.4. The van der Waals surface area contributed by atoms with E-state index in [9.17, 15) is 26.3 Å². The van der Waals surface area contributed by atoms with Gasteiger partial charge in [-0.25, -0.2) is 9.97 Å². The van der Waals surface area contributed by atoms with Gasteiger partial charge in [0.05, 0.1) is 5.39 Å². The number of halogens is 6. The van der Waals surface area contributed by atoms with Gasteiger partial charge in [0.15, 0.2) is 17.2 Å². The first-order valence-corrected chi connectivity index (χ1v) is 8.12. The molecular formula is C12H8F6N8S. The van der Waals surface area contributed by atoms with Crippen molar-refractivity contribution >= 4 is 28.6 Å². The molecule has 27 heavy (non-hydrogen) atoms. The summed E-state index contributed by atoms with van der Waals surface area (Å²) in [6.07, 6.45) is -8.79. The molecule has 0 aromatic carbocycles. The van der Waals surface area contributed by atoms with E-state index in [0.29, 0.717) is 0 Å². The molecule has 0 fully saturated rings. The predicted octanol–water partition coefficient (Wildman–Crippen LogP) is 2.65. The van der Waals surface area contributed by atoms with Crippen molar-refractivity contribution in [3.8, 4) is 5.82 Å². The lowest BCUT2D eigenvalue weighted by molar-refractivity contribution is -0.151. The molecule has 0 amide bonds. The van der Waals surface area contributed by atoms with E-state index in [1.807, 2.05) is 0 Å². The van der Waals surface area contributed by atoms with Gasteiger partial charge in [-0.15, -0.1) is 15.3 Å². The van der Waals surface area contributed by atoms with Gasteiger partial charge in [0.2, 0.25) is 11.0 Å². The smallest absolute Gasteiger partial charge is 0.383 e. The summed E-state index contributed by atoms with van der Waals surface area (Å²) in [6.45, 7) is 1.43. The Hall–Kier alpha value is -2.71. The molecule has 0 unspecified atom stereocenters. The van der Waals surface area contributed by atoms with Crippen LogP contribution in [0, 0.1) is 6.92 Å². The summed E-state index contributed by atoms with van der Waals surface area (Å²) in [6, 6.07) is 0. The fourth-order valence-corrected chi connectivity index (χ4v) is 2.45. The predicted molar refractivity (Wildman–Crippen MR) is 81.0 cm³/mol. The number of nitrogens with zero attached hydrogens (tertiary/aromatic N) is 7. The summed E-state index contributed by atoms with van der Waals surface area (Å²) in [4.78, 5) is 9.74. The van der Waals surface area contributed by atoms with Crippen molar-refractivity contribution in [2.24, 2.45) is 0 Å². The molecule has 8 nitrogen and oxygen atoms in total. The molecule has 0 bridgehead atoms. The van der Waals surface area contributed by atoms with Crippen molar-refractivity contribution in [3.05, 3.63) is 17.2 Å². The number of fused-ring (bicyclic) bond motifs is 1. The molecule has 0 aliphatic heterocycles. The normalized spacial score (nSPS) is 12.7. The van der Waals surface area contributed by atoms with E-state index in [1.54, 1.807) is 6.26 Å². The fraction of sp³-hybridized carbons (Fsp3) is 0.333. The first kappa shape index (κ1) is 19.1. The summed E-state index contributed by atoms with van der Waals surface area (Å²) in [5.41, 5.74) is 3.17. The maximum absolute atomic E-state index is 13.3. The van der Waals surface area contributed by atoms with Crippen LogP contribution in [0.3, 0.4) is 0 Å². The average Bonchev–Trinajstić information content (AvgIpc) is 2.89. The van der Waals surface area contributed by atoms with Crippen molar-refractivity contribution in [3.63, 3.8) is 0 Å². The number of alkyl halides is 6. The van der Waals surface area contributed by atoms with Crippen molar-refractivity contribution in [2.45, 2.75) is 24.4 Å². The first-order valence-electron chi connectivity index (χ1n) is 6.89. The molecule has 0 atom stereocenters. The van der Waals surface area contributed by atoms with Crippen molar-refractivity contribution in [1.82, 2.24) is 34.9 Å². The van der Waals surface area contributed by atoms with Crippen LogP contribution in [0.1, 0.15) is 17.2 Å². The number of nitrogen functional groups attached to an aromatic ring is 1. The van der Waals surface area contributed by atoms with E-state index >= 15 is 0 Å². The third-order valence-electron chi connectivity index (χ3n) is 3.28. The lowest BCUT2D eigenvalue weighted by atomic mass is 10.2. The molecule has 3 heterocycles. The molecule has 0 aliphatic carbocycles. The van der Waals surface area contributed by atoms with E-state index in [4.69, 9.17) is 5.73 Å². The fourth-order valence-electron chi connectivity index (χ4n) is 2.15. The molecule has 0 saturated heterocycles. The molecule has 3 rings (SSSR count). The zero-order chi connectivity index (χ0) is 20.1. The van der Waals surface area contributed by atoms with Gasteiger partial charge in [0.25, 0.3) is 0 Å². The minimum Gasteiger partial charge on any atom is -0.383 e. The largest absolute Gasteiger partial charge is 0.451 e. The molecule has 0 aliphatic rings. The number of nitrogens with two attached hydrogens (primary N) is 1. The van der Waals surface area contributed by atoms with Gasteiger partial charge in [0.1, 0.15) is 11.5 Å². The van der Waals surface area contributed by atoms with Crippen LogP contribution in [0.2, 0.25) is 0 Å². The summed E-state index contributed by atoms with van der Waals surface area (Å²) < 4.78 is 79.2. The van der Waals surface area contributed by atoms with Crippen LogP contribution >= 0.6 is 11.8 Å². The van der Waals surface area contributed by atoms with Gasteiger partial charge in [-0.3, -0.25) is 0 Å². The maximum atomic E-state index is 13.3. The van der Waals surface area contributed by atoms with Crippen molar-refractivity contribution < 1.29 is 26.3 Å². The Balaban J connectivity index is 2.38. The van der Waals surface area contributed by atoms with E-state index < -0.39 is 40.7 Å². The van der Waals surface area contributed by atoms with Crippen LogP contribution < -0.4 is 5.73 Å². The van der Waals surface area contributed by atoms with Gasteiger partial charge in [0, 0.05) is 0 Å². The maximum Gasteiger partial charge on any atom is 0.451 e. The summed E-state index contributed by atoms with van der Waals surface area (Å²) in [5, 5.41) is 10.5. The minimum absolute atomic E-state index is 0.0912. The highest BCUT2D eigenvalue weighted by atomic mass is 32.2. The van der Waals surface area contributed by atoms with Gasteiger partial charge < -0.3 is 5.73 Å². The second-order valence-electron chi connectivity index (χ2n) is 5.09. The van der Waals surface area contributed by atoms with Crippen LogP contribution in [0.15, 0.2) is 5.16 Å². The Morgan fingerprint density at radius 2 is 1.63 bits per heavy atom. The number of aryl methyl sites for hydroxylation is 1. The van der Waals surface area contributed by atoms with Gasteiger partial charge >= 0.3 is 12.4 Å². The number of hydrogen-bond donors (Lipinski definition) is 1. The Morgan fingerprint density at radius 1 is 0.963 bits per heavy atom. The quantitative estimate of drug-likeness (QED) is 0.508. The average molecular weight is 410 g/mol. The van der Waals surface area contributed by atoms with Crippen LogP contribution in [-0.4, -0.2) is 41.2 Å². The molecule has 3 aromatic heterocycles. The van der Waals surface area contributed by atoms with E-state index in [-0.39, 0.29) is 16.7 Å². The van der Waals surface area contributed by atoms with Crippen LogP contribution in [0.5, 0.6) is 0 Å². The summed E-state index contributed by atoms with van der Waals surface area (Å²) in [7, 11) is 0. The third kappa shape index (κ3) is 3.33. The monoisotopic (exact) mass is 410 g/mol. The van der Waals surface area contributed by atoms with Crippen molar-refractivity contribution in [2.75, 3.05) is 12.0 Å².